The number of nitrogens with zero attached hydrogens (tertiary/aromatic N) is 5. The molecule has 0 aliphatic heterocycles. The largest absolute Gasteiger partial charge is 0.382 e. The predicted octanol–water partition coefficient (Wildman–Crippen LogP) is 3.87. The molecule has 3 heterocycles. The van der Waals surface area contributed by atoms with Gasteiger partial charge >= 0.3 is 6.03 Å². The van der Waals surface area contributed by atoms with Crippen molar-refractivity contribution in [1.29, 1.82) is 0 Å². The molecule has 0 radical (unpaired) electrons. The van der Waals surface area contributed by atoms with E-state index in [1.807, 2.05) is 12.1 Å². The van der Waals surface area contributed by atoms with Gasteiger partial charge in [0.25, 0.3) is 0 Å². The van der Waals surface area contributed by atoms with Gasteiger partial charge in [0.05, 0.1) is 5.52 Å². The van der Waals surface area contributed by atoms with Gasteiger partial charge in [-0.05, 0) is 37.8 Å². The maximum absolute atomic E-state index is 11.7. The van der Waals surface area contributed by atoms with Gasteiger partial charge in [-0.25, -0.2) is 14.8 Å². The molecule has 3 aromatic heterocycles. The molecule has 8 nitrogen and oxygen atoms in total. The summed E-state index contributed by atoms with van der Waals surface area (Å²) >= 11 is 0. The number of urea groups is 1. The van der Waals surface area contributed by atoms with Crippen molar-refractivity contribution in [2.75, 3.05) is 18.8 Å². The van der Waals surface area contributed by atoms with E-state index >= 15 is 0 Å². The van der Waals surface area contributed by atoms with Gasteiger partial charge in [-0.15, -0.1) is 0 Å². The smallest absolute Gasteiger partial charge is 0.314 e. The van der Waals surface area contributed by atoms with Crippen LogP contribution in [-0.2, 0) is 13.0 Å². The third-order valence-electron chi connectivity index (χ3n) is 5.45. The van der Waals surface area contributed by atoms with Crippen molar-refractivity contribution in [3.8, 4) is 0 Å². The van der Waals surface area contributed by atoms with Crippen LogP contribution in [0.25, 0.3) is 22.1 Å². The van der Waals surface area contributed by atoms with E-state index in [1.54, 1.807) is 11.1 Å². The van der Waals surface area contributed by atoms with Gasteiger partial charge in [0.15, 0.2) is 5.82 Å². The number of fused-ring (bicyclic) bond motifs is 3. The van der Waals surface area contributed by atoms with Gasteiger partial charge in [-0.2, -0.15) is 0 Å². The van der Waals surface area contributed by atoms with E-state index in [4.69, 9.17) is 16.5 Å². The average Bonchev–Trinajstić information content (AvgIpc) is 3.10. The third kappa shape index (κ3) is 4.80. The van der Waals surface area contributed by atoms with Crippen LogP contribution in [0, 0.1) is 0 Å². The fourth-order valence-electron chi connectivity index (χ4n) is 3.79. The Balaban J connectivity index is 1.85. The Hall–Kier alpha value is -2.90. The molecule has 8 heteroatoms. The Morgan fingerprint density at radius 1 is 1.07 bits per heavy atom. The van der Waals surface area contributed by atoms with Crippen molar-refractivity contribution in [2.24, 2.45) is 5.73 Å². The standard InChI is InChI=1S/C22H33N7O/c1-3-5-11-17-27-19-20(18-16(26-21(19)23)10-9-12-25-18)29(17)15-8-7-14-28(22(24)30)13-6-4-2/h9-10,12H,3-8,11,13-15H2,1-2H3,(H2,23,26)(H2,24,30). The molecular weight excluding hydrogens is 378 g/mol. The molecule has 2 amide bonds. The van der Waals surface area contributed by atoms with Crippen molar-refractivity contribution >= 4 is 33.9 Å². The van der Waals surface area contributed by atoms with E-state index < -0.39 is 0 Å². The van der Waals surface area contributed by atoms with Gasteiger partial charge < -0.3 is 20.9 Å². The number of aryl methyl sites for hydroxylation is 2. The number of pyridine rings is 2. The second kappa shape index (κ2) is 10.2. The molecule has 0 fully saturated rings. The Kier molecular flexibility index (Phi) is 7.43. The number of hydrogen-bond donors (Lipinski definition) is 2. The van der Waals surface area contributed by atoms with Crippen LogP contribution in [0.15, 0.2) is 18.3 Å². The molecule has 0 aliphatic carbocycles. The molecule has 30 heavy (non-hydrogen) atoms. The van der Waals surface area contributed by atoms with Crippen molar-refractivity contribution in [1.82, 2.24) is 24.4 Å². The third-order valence-corrected chi connectivity index (χ3v) is 5.45. The highest BCUT2D eigenvalue weighted by Crippen LogP contribution is 2.28. The highest BCUT2D eigenvalue weighted by molar-refractivity contribution is 6.04. The summed E-state index contributed by atoms with van der Waals surface area (Å²) in [6.45, 7) is 6.48. The van der Waals surface area contributed by atoms with Crippen LogP contribution in [-0.4, -0.2) is 43.5 Å². The number of hydrogen-bond acceptors (Lipinski definition) is 5. The first-order valence-electron chi connectivity index (χ1n) is 11.0. The first-order valence-corrected chi connectivity index (χ1v) is 11.0. The summed E-state index contributed by atoms with van der Waals surface area (Å²) in [4.78, 5) is 27.3. The minimum atomic E-state index is -0.339. The van der Waals surface area contributed by atoms with Crippen molar-refractivity contribution in [3.63, 3.8) is 0 Å². The zero-order valence-electron chi connectivity index (χ0n) is 18.1. The first kappa shape index (κ1) is 21.8. The van der Waals surface area contributed by atoms with Gasteiger partial charge in [-0.3, -0.25) is 4.98 Å². The molecule has 0 aromatic carbocycles. The van der Waals surface area contributed by atoms with Crippen LogP contribution >= 0.6 is 0 Å². The molecule has 0 spiro atoms. The predicted molar refractivity (Wildman–Crippen MR) is 121 cm³/mol. The summed E-state index contributed by atoms with van der Waals surface area (Å²) in [6.07, 6.45) is 8.64. The fourth-order valence-corrected chi connectivity index (χ4v) is 3.79. The number of unbranched alkanes of at least 4 members (excludes halogenated alkanes) is 3. The van der Waals surface area contributed by atoms with Crippen LogP contribution in [0.3, 0.4) is 0 Å². The molecule has 0 saturated carbocycles. The second-order valence-corrected chi connectivity index (χ2v) is 7.73. The summed E-state index contributed by atoms with van der Waals surface area (Å²) in [7, 11) is 0. The molecule has 4 N–H and O–H groups in total. The lowest BCUT2D eigenvalue weighted by Crippen LogP contribution is -2.37. The SMILES string of the molecule is CCCCc1nc2c(N)nc3cccnc3c2n1CCCCN(CCCC)C(N)=O. The Bertz CT molecular complexity index is 998. The molecule has 0 atom stereocenters. The van der Waals surface area contributed by atoms with Crippen molar-refractivity contribution in [3.05, 3.63) is 24.2 Å². The lowest BCUT2D eigenvalue weighted by molar-refractivity contribution is 0.205. The number of primary amides is 1. The number of anilines is 1. The number of carbonyl (C=O) groups excluding carboxylic acids is 1. The molecule has 0 aliphatic rings. The lowest BCUT2D eigenvalue weighted by Gasteiger charge is -2.20. The van der Waals surface area contributed by atoms with Gasteiger partial charge in [0, 0.05) is 32.3 Å². The molecule has 0 unspecified atom stereocenters. The summed E-state index contributed by atoms with van der Waals surface area (Å²) in [5, 5.41) is 0. The van der Waals surface area contributed by atoms with E-state index in [0.29, 0.717) is 12.4 Å². The van der Waals surface area contributed by atoms with Gasteiger partial charge in [0.1, 0.15) is 22.4 Å². The number of carbonyl (C=O) groups is 1. The Labute approximate surface area is 177 Å². The Morgan fingerprint density at radius 3 is 2.57 bits per heavy atom. The molecule has 162 valence electrons. The Morgan fingerprint density at radius 2 is 1.83 bits per heavy atom. The van der Waals surface area contributed by atoms with Crippen LogP contribution in [0.4, 0.5) is 10.6 Å². The fraction of sp³-hybridized carbons (Fsp3) is 0.545. The van der Waals surface area contributed by atoms with Crippen LogP contribution in [0.1, 0.15) is 58.2 Å². The number of rotatable bonds is 11. The zero-order valence-corrected chi connectivity index (χ0v) is 18.1. The summed E-state index contributed by atoms with van der Waals surface area (Å²) in [5.41, 5.74) is 15.1. The second-order valence-electron chi connectivity index (χ2n) is 7.73. The van der Waals surface area contributed by atoms with E-state index in [9.17, 15) is 4.79 Å². The first-order chi connectivity index (χ1) is 14.6. The number of imidazole rings is 1. The van der Waals surface area contributed by atoms with E-state index in [2.05, 4.69) is 28.4 Å². The number of amides is 2. The van der Waals surface area contributed by atoms with Crippen molar-refractivity contribution < 1.29 is 4.79 Å². The molecule has 0 bridgehead atoms. The number of nitrogen functional groups attached to an aromatic ring is 1. The van der Waals surface area contributed by atoms with E-state index in [-0.39, 0.29) is 6.03 Å². The maximum atomic E-state index is 11.7. The quantitative estimate of drug-likeness (QED) is 0.465. The van der Waals surface area contributed by atoms with E-state index in [0.717, 1.165) is 85.9 Å². The zero-order chi connectivity index (χ0) is 21.5. The molecular formula is C22H33N7O. The maximum Gasteiger partial charge on any atom is 0.314 e. The monoisotopic (exact) mass is 411 g/mol. The molecule has 0 saturated heterocycles. The van der Waals surface area contributed by atoms with Crippen LogP contribution in [0.2, 0.25) is 0 Å². The van der Waals surface area contributed by atoms with Crippen LogP contribution in [0.5, 0.6) is 0 Å². The average molecular weight is 412 g/mol. The number of aromatic nitrogens is 4. The van der Waals surface area contributed by atoms with Gasteiger partial charge in [0.2, 0.25) is 0 Å². The normalized spacial score (nSPS) is 11.4. The van der Waals surface area contributed by atoms with Crippen molar-refractivity contribution in [2.45, 2.75) is 65.3 Å². The van der Waals surface area contributed by atoms with E-state index in [1.165, 1.54) is 0 Å². The van der Waals surface area contributed by atoms with Crippen LogP contribution < -0.4 is 11.5 Å². The van der Waals surface area contributed by atoms with Gasteiger partial charge in [-0.1, -0.05) is 26.7 Å². The topological polar surface area (TPSA) is 116 Å². The summed E-state index contributed by atoms with van der Waals surface area (Å²) < 4.78 is 2.25. The summed E-state index contributed by atoms with van der Waals surface area (Å²) in [5.74, 6) is 1.47. The minimum absolute atomic E-state index is 0.339. The lowest BCUT2D eigenvalue weighted by atomic mass is 10.2. The number of nitrogens with two attached hydrogens (primary N) is 2. The molecule has 3 aromatic rings. The highest BCUT2D eigenvalue weighted by Gasteiger charge is 2.18. The summed E-state index contributed by atoms with van der Waals surface area (Å²) in [6, 6.07) is 3.46. The minimum Gasteiger partial charge on any atom is -0.382 e. The molecule has 3 rings (SSSR count). The highest BCUT2D eigenvalue weighted by atomic mass is 16.2.